The number of hydrogen-bond acceptors (Lipinski definition) is 3. The summed E-state index contributed by atoms with van der Waals surface area (Å²) in [6.45, 7) is 4.19. The smallest absolute Gasteiger partial charge is 0.142 e. The lowest BCUT2D eigenvalue weighted by atomic mass is 10.1. The third-order valence-electron chi connectivity index (χ3n) is 1.62. The first kappa shape index (κ1) is 7.89. The molecule has 3 heteroatoms. The molecule has 1 heterocycles. The van der Waals surface area contributed by atoms with Gasteiger partial charge in [-0.25, -0.2) is 9.98 Å². The van der Waals surface area contributed by atoms with E-state index in [1.54, 1.807) is 0 Å². The minimum atomic E-state index is 0.389. The van der Waals surface area contributed by atoms with Crippen LogP contribution in [0, 0.1) is 5.92 Å². The van der Waals surface area contributed by atoms with Crippen molar-refractivity contribution in [3.8, 4) is 0 Å². The van der Waals surface area contributed by atoms with Crippen LogP contribution in [0.4, 0.5) is 0 Å². The van der Waals surface area contributed by atoms with Crippen LogP contribution in [0.5, 0.6) is 0 Å². The molecule has 0 aliphatic carbocycles. The molecule has 1 atom stereocenters. The van der Waals surface area contributed by atoms with Crippen molar-refractivity contribution in [1.82, 2.24) is 0 Å². The van der Waals surface area contributed by atoms with Crippen LogP contribution in [0.25, 0.3) is 0 Å². The lowest BCUT2D eigenvalue weighted by molar-refractivity contribution is 0.735. The Morgan fingerprint density at radius 3 is 3.18 bits per heavy atom. The van der Waals surface area contributed by atoms with Crippen molar-refractivity contribution in [1.29, 1.82) is 0 Å². The standard InChI is InChI=1S/C8H11N3/c1-3-7(2)8-10-5-4-9-6-11-8/h4,6-7H,3H2,1-2H3. The summed E-state index contributed by atoms with van der Waals surface area (Å²) in [7, 11) is 0. The van der Waals surface area contributed by atoms with Crippen molar-refractivity contribution in [3.63, 3.8) is 0 Å². The highest BCUT2D eigenvalue weighted by molar-refractivity contribution is 5.95. The molecule has 0 radical (unpaired) electrons. The van der Waals surface area contributed by atoms with Crippen LogP contribution in [0.15, 0.2) is 21.2 Å². The molecule has 0 amide bonds. The molecule has 1 aliphatic rings. The maximum Gasteiger partial charge on any atom is 0.142 e. The van der Waals surface area contributed by atoms with E-state index in [0.717, 1.165) is 12.3 Å². The number of hydrogen-bond donors (Lipinski definition) is 0. The monoisotopic (exact) mass is 149 g/mol. The average Bonchev–Trinajstić information content (AvgIpc) is 2.30. The fraction of sp³-hybridized carbons (Fsp3) is 0.500. The summed E-state index contributed by atoms with van der Waals surface area (Å²) in [4.78, 5) is 11.9. The molecule has 0 aromatic heterocycles. The molecule has 0 saturated carbocycles. The molecule has 1 aliphatic heterocycles. The molecule has 0 bridgehead atoms. The van der Waals surface area contributed by atoms with E-state index < -0.39 is 0 Å². The molecule has 0 aromatic carbocycles. The fourth-order valence-electron chi connectivity index (χ4n) is 0.703. The van der Waals surface area contributed by atoms with Crippen molar-refractivity contribution in [2.45, 2.75) is 20.3 Å². The van der Waals surface area contributed by atoms with Gasteiger partial charge in [0.05, 0.1) is 6.20 Å². The van der Waals surface area contributed by atoms with E-state index in [9.17, 15) is 0 Å². The maximum absolute atomic E-state index is 4.06. The number of nitrogens with zero attached hydrogens (tertiary/aromatic N) is 3. The van der Waals surface area contributed by atoms with Crippen LogP contribution in [0.1, 0.15) is 20.3 Å². The molecule has 1 rings (SSSR count). The molecular formula is C8H11N3. The van der Waals surface area contributed by atoms with Crippen molar-refractivity contribution in [2.24, 2.45) is 20.9 Å². The van der Waals surface area contributed by atoms with Crippen LogP contribution >= 0.6 is 0 Å². The summed E-state index contributed by atoms with van der Waals surface area (Å²) in [6.07, 6.45) is 4.06. The second-order valence-electron chi connectivity index (χ2n) is 2.43. The third kappa shape index (κ3) is 2.13. The highest BCUT2D eigenvalue weighted by Gasteiger charge is 2.05. The zero-order valence-corrected chi connectivity index (χ0v) is 6.78. The summed E-state index contributed by atoms with van der Waals surface area (Å²) in [5.74, 6) is 3.88. The predicted molar refractivity (Wildman–Crippen MR) is 47.4 cm³/mol. The largest absolute Gasteiger partial charge is 0.235 e. The van der Waals surface area contributed by atoms with Gasteiger partial charge in [-0.3, -0.25) is 0 Å². The molecule has 0 N–H and O–H groups in total. The molecule has 11 heavy (non-hydrogen) atoms. The van der Waals surface area contributed by atoms with Gasteiger partial charge in [-0.15, -0.1) is 0 Å². The van der Waals surface area contributed by atoms with Gasteiger partial charge in [-0.05, 0) is 6.42 Å². The van der Waals surface area contributed by atoms with Crippen LogP contribution in [0.3, 0.4) is 0 Å². The van der Waals surface area contributed by atoms with Crippen LogP contribution < -0.4 is 0 Å². The topological polar surface area (TPSA) is 37.1 Å². The van der Waals surface area contributed by atoms with Crippen molar-refractivity contribution in [3.05, 3.63) is 6.20 Å². The Bertz CT molecular complexity index is 244. The molecule has 1 unspecified atom stereocenters. The first-order valence-corrected chi connectivity index (χ1v) is 3.72. The SMILES string of the molecule is CCC(C)C1=NC=NC=C=N1. The quantitative estimate of drug-likeness (QED) is 0.572. The molecule has 3 nitrogen and oxygen atoms in total. The Balaban J connectivity index is 2.79. The molecule has 0 spiro atoms. The number of amidine groups is 1. The summed E-state index contributed by atoms with van der Waals surface area (Å²) >= 11 is 0. The Morgan fingerprint density at radius 1 is 1.64 bits per heavy atom. The minimum Gasteiger partial charge on any atom is -0.235 e. The van der Waals surface area contributed by atoms with Crippen LogP contribution in [-0.4, -0.2) is 18.0 Å². The highest BCUT2D eigenvalue weighted by atomic mass is 15.0. The Labute approximate surface area is 66.3 Å². The second kappa shape index (κ2) is 3.84. The van der Waals surface area contributed by atoms with Gasteiger partial charge in [0, 0.05) is 11.8 Å². The van der Waals surface area contributed by atoms with Gasteiger partial charge in [0.25, 0.3) is 0 Å². The predicted octanol–water partition coefficient (Wildman–Crippen LogP) is 1.66. The first-order valence-electron chi connectivity index (χ1n) is 3.72. The van der Waals surface area contributed by atoms with Crippen molar-refractivity contribution >= 4 is 18.0 Å². The van der Waals surface area contributed by atoms with Crippen LogP contribution in [-0.2, 0) is 0 Å². The van der Waals surface area contributed by atoms with E-state index in [2.05, 4.69) is 34.7 Å². The molecular weight excluding hydrogens is 138 g/mol. The zero-order chi connectivity index (χ0) is 8.10. The molecule has 58 valence electrons. The van der Waals surface area contributed by atoms with E-state index in [1.807, 2.05) is 0 Å². The zero-order valence-electron chi connectivity index (χ0n) is 6.78. The van der Waals surface area contributed by atoms with Gasteiger partial charge in [-0.1, -0.05) is 13.8 Å². The molecule has 0 aromatic rings. The summed E-state index contributed by atoms with van der Waals surface area (Å²) in [6, 6.07) is 0. The van der Waals surface area contributed by atoms with E-state index in [-0.39, 0.29) is 0 Å². The van der Waals surface area contributed by atoms with E-state index in [0.29, 0.717) is 5.92 Å². The fourth-order valence-corrected chi connectivity index (χ4v) is 0.703. The minimum absolute atomic E-state index is 0.389. The Kier molecular flexibility index (Phi) is 2.75. The van der Waals surface area contributed by atoms with Crippen LogP contribution in [0.2, 0.25) is 0 Å². The normalized spacial score (nSPS) is 17.8. The van der Waals surface area contributed by atoms with Gasteiger partial charge < -0.3 is 0 Å². The van der Waals surface area contributed by atoms with Gasteiger partial charge in [-0.2, -0.15) is 4.99 Å². The molecule has 0 saturated heterocycles. The lowest BCUT2D eigenvalue weighted by Gasteiger charge is -2.03. The van der Waals surface area contributed by atoms with E-state index in [4.69, 9.17) is 0 Å². The Morgan fingerprint density at radius 2 is 2.45 bits per heavy atom. The summed E-state index contributed by atoms with van der Waals surface area (Å²) in [5.41, 5.74) is 0. The average molecular weight is 149 g/mol. The van der Waals surface area contributed by atoms with E-state index in [1.165, 1.54) is 12.5 Å². The number of rotatable bonds is 2. The summed E-state index contributed by atoms with van der Waals surface area (Å²) < 4.78 is 0. The first-order chi connectivity index (χ1) is 5.34. The van der Waals surface area contributed by atoms with Crippen molar-refractivity contribution in [2.75, 3.05) is 0 Å². The second-order valence-corrected chi connectivity index (χ2v) is 2.43. The highest BCUT2D eigenvalue weighted by Crippen LogP contribution is 2.04. The number of aliphatic imine (C=N–C) groups is 3. The maximum atomic E-state index is 4.06. The van der Waals surface area contributed by atoms with Crippen molar-refractivity contribution < 1.29 is 0 Å². The Hall–Kier alpha value is -1.21. The van der Waals surface area contributed by atoms with Gasteiger partial charge >= 0.3 is 0 Å². The third-order valence-corrected chi connectivity index (χ3v) is 1.62. The van der Waals surface area contributed by atoms with Gasteiger partial charge in [0.15, 0.2) is 0 Å². The summed E-state index contributed by atoms with van der Waals surface area (Å²) in [5, 5.41) is 0. The van der Waals surface area contributed by atoms with Gasteiger partial charge in [0.1, 0.15) is 12.2 Å². The van der Waals surface area contributed by atoms with E-state index >= 15 is 0 Å². The molecule has 0 fully saturated rings. The van der Waals surface area contributed by atoms with Gasteiger partial charge in [0.2, 0.25) is 0 Å². The lowest BCUT2D eigenvalue weighted by Crippen LogP contribution is -2.06.